The smallest absolute Gasteiger partial charge is 0.315 e. The third-order valence-electron chi connectivity index (χ3n) is 3.64. The van der Waals surface area contributed by atoms with Crippen LogP contribution in [0.2, 0.25) is 0 Å². The molecule has 2 fully saturated rings. The van der Waals surface area contributed by atoms with Crippen LogP contribution in [0.15, 0.2) is 0 Å². The number of hydrazine groups is 1. The number of carbonyl (C=O) groups excluding carboxylic acids is 3. The predicted molar refractivity (Wildman–Crippen MR) is 80.4 cm³/mol. The molecular formula is C12H21N5O4S. The van der Waals surface area contributed by atoms with Crippen molar-refractivity contribution >= 4 is 29.6 Å². The zero-order valence-electron chi connectivity index (χ0n) is 12.1. The first-order valence-electron chi connectivity index (χ1n) is 7.18. The van der Waals surface area contributed by atoms with Gasteiger partial charge in [0, 0.05) is 17.4 Å². The summed E-state index contributed by atoms with van der Waals surface area (Å²) in [5.74, 6) is 4.91. The van der Waals surface area contributed by atoms with Gasteiger partial charge in [-0.2, -0.15) is 11.8 Å². The van der Waals surface area contributed by atoms with Crippen LogP contribution in [0.5, 0.6) is 0 Å². The van der Waals surface area contributed by atoms with Crippen LogP contribution in [-0.2, 0) is 14.4 Å². The Morgan fingerprint density at radius 2 is 2.05 bits per heavy atom. The molecule has 2 aliphatic heterocycles. The van der Waals surface area contributed by atoms with Gasteiger partial charge < -0.3 is 10.6 Å². The molecule has 2 heterocycles. The van der Waals surface area contributed by atoms with Crippen LogP contribution in [0.3, 0.4) is 0 Å². The van der Waals surface area contributed by atoms with Crippen LogP contribution >= 0.6 is 11.8 Å². The van der Waals surface area contributed by atoms with E-state index in [-0.39, 0.29) is 30.6 Å². The summed E-state index contributed by atoms with van der Waals surface area (Å²) in [6.07, 6.45) is 2.91. The first-order valence-corrected chi connectivity index (χ1v) is 8.23. The minimum Gasteiger partial charge on any atom is -0.332 e. The highest BCUT2D eigenvalue weighted by atomic mass is 32.2. The van der Waals surface area contributed by atoms with Crippen LogP contribution in [-0.4, -0.2) is 47.5 Å². The number of nitrogens with two attached hydrogens (primary N) is 1. The van der Waals surface area contributed by atoms with Gasteiger partial charge in [0.25, 0.3) is 5.91 Å². The maximum absolute atomic E-state index is 11.5. The summed E-state index contributed by atoms with van der Waals surface area (Å²) in [5, 5.41) is 6.24. The molecule has 2 aliphatic rings. The molecule has 0 aromatic carbocycles. The van der Waals surface area contributed by atoms with Crippen molar-refractivity contribution in [2.45, 2.75) is 43.0 Å². The Bertz CT molecular complexity index is 436. The van der Waals surface area contributed by atoms with E-state index >= 15 is 0 Å². The van der Waals surface area contributed by atoms with Gasteiger partial charge in [-0.1, -0.05) is 6.42 Å². The van der Waals surface area contributed by atoms with Gasteiger partial charge in [-0.15, -0.1) is 0 Å². The number of amides is 4. The summed E-state index contributed by atoms with van der Waals surface area (Å²) in [7, 11) is 0. The highest BCUT2D eigenvalue weighted by Crippen LogP contribution is 2.33. The number of hydrogen-bond donors (Lipinski definition) is 5. The van der Waals surface area contributed by atoms with Crippen LogP contribution in [0.25, 0.3) is 0 Å². The van der Waals surface area contributed by atoms with Crippen molar-refractivity contribution in [1.82, 2.24) is 21.5 Å². The van der Waals surface area contributed by atoms with E-state index in [0.717, 1.165) is 25.0 Å². The molecule has 6 N–H and O–H groups in total. The summed E-state index contributed by atoms with van der Waals surface area (Å²) < 4.78 is 0. The van der Waals surface area contributed by atoms with Crippen molar-refractivity contribution in [1.29, 1.82) is 0 Å². The number of nitrogens with one attached hydrogen (secondary N) is 4. The van der Waals surface area contributed by atoms with Gasteiger partial charge in [-0.25, -0.2) is 10.7 Å². The number of carbonyl (C=O) groups is 3. The fraction of sp³-hybridized carbons (Fsp3) is 0.750. The molecular weight excluding hydrogens is 310 g/mol. The molecule has 0 spiro atoms. The Morgan fingerprint density at radius 1 is 1.27 bits per heavy atom. The summed E-state index contributed by atoms with van der Waals surface area (Å²) in [6, 6.07) is 0.338. The van der Waals surface area contributed by atoms with Gasteiger partial charge in [-0.05, 0) is 12.8 Å². The highest BCUT2D eigenvalue weighted by molar-refractivity contribution is 8.00. The van der Waals surface area contributed by atoms with Gasteiger partial charge >= 0.3 is 6.03 Å². The van der Waals surface area contributed by atoms with Crippen molar-refractivity contribution in [3.63, 3.8) is 0 Å². The number of hydrogen-bond acceptors (Lipinski definition) is 6. The summed E-state index contributed by atoms with van der Waals surface area (Å²) in [6.45, 7) is -0.304. The summed E-state index contributed by atoms with van der Waals surface area (Å²) in [5.41, 5.74) is 4.49. The fourth-order valence-electron chi connectivity index (χ4n) is 2.59. The second-order valence-electron chi connectivity index (χ2n) is 5.27. The lowest BCUT2D eigenvalue weighted by Gasteiger charge is -2.16. The van der Waals surface area contributed by atoms with Crippen LogP contribution in [0, 0.1) is 0 Å². The molecule has 0 saturated carbocycles. The molecule has 4 amide bonds. The Hall–Kier alpha value is -1.52. The lowest BCUT2D eigenvalue weighted by Crippen LogP contribution is -2.43. The maximum Gasteiger partial charge on any atom is 0.315 e. The molecule has 0 aromatic rings. The van der Waals surface area contributed by atoms with Gasteiger partial charge in [0.1, 0.15) is 6.61 Å². The van der Waals surface area contributed by atoms with Crippen molar-refractivity contribution in [3.05, 3.63) is 0 Å². The third-order valence-corrected chi connectivity index (χ3v) is 5.15. The minimum absolute atomic E-state index is 0.0862. The molecule has 10 heteroatoms. The predicted octanol–water partition coefficient (Wildman–Crippen LogP) is -1.25. The van der Waals surface area contributed by atoms with Gasteiger partial charge in [0.05, 0.1) is 12.1 Å². The van der Waals surface area contributed by atoms with Gasteiger partial charge in [-0.3, -0.25) is 25.3 Å². The molecule has 0 radical (unpaired) electrons. The lowest BCUT2D eigenvalue weighted by molar-refractivity contribution is -0.131. The Kier molecular flexibility index (Phi) is 6.28. The van der Waals surface area contributed by atoms with E-state index in [4.69, 9.17) is 5.90 Å². The minimum atomic E-state index is -0.506. The second-order valence-corrected chi connectivity index (χ2v) is 6.55. The van der Waals surface area contributed by atoms with E-state index in [2.05, 4.69) is 26.3 Å². The molecule has 22 heavy (non-hydrogen) atoms. The molecule has 3 atom stereocenters. The summed E-state index contributed by atoms with van der Waals surface area (Å²) in [4.78, 5) is 37.9. The molecule has 2 rings (SSSR count). The first kappa shape index (κ1) is 16.8. The van der Waals surface area contributed by atoms with E-state index in [1.807, 2.05) is 11.8 Å². The average molecular weight is 331 g/mol. The molecule has 124 valence electrons. The van der Waals surface area contributed by atoms with E-state index in [9.17, 15) is 14.4 Å². The number of rotatable bonds is 7. The zero-order chi connectivity index (χ0) is 15.9. The Labute approximate surface area is 132 Å². The van der Waals surface area contributed by atoms with Crippen LogP contribution in [0.4, 0.5) is 4.79 Å². The monoisotopic (exact) mass is 331 g/mol. The van der Waals surface area contributed by atoms with Gasteiger partial charge in [0.15, 0.2) is 0 Å². The highest BCUT2D eigenvalue weighted by Gasteiger charge is 2.42. The number of fused-ring (bicyclic) bond motifs is 1. The average Bonchev–Trinajstić information content (AvgIpc) is 3.01. The van der Waals surface area contributed by atoms with Crippen molar-refractivity contribution in [2.75, 3.05) is 12.4 Å². The van der Waals surface area contributed by atoms with E-state index in [1.165, 1.54) is 0 Å². The van der Waals surface area contributed by atoms with E-state index in [1.54, 1.807) is 0 Å². The molecule has 0 bridgehead atoms. The number of urea groups is 1. The standard InChI is InChI=1S/C12H21N5O4S/c13-21-5-10(19)17-16-9(18)4-2-1-3-8-11-7(6-22-8)14-12(20)15-11/h7-8,11H,1-6,13H2,(H,16,18)(H,17,19)(H2,14,15,20)/t7?,8-,11?/m0/s1. The Morgan fingerprint density at radius 3 is 2.82 bits per heavy atom. The Balaban J connectivity index is 1.55. The SMILES string of the molecule is NOCC(=O)NNC(=O)CCCC[C@@H]1SCC2NC(=O)NC21. The van der Waals surface area contributed by atoms with Crippen LogP contribution in [0.1, 0.15) is 25.7 Å². The van der Waals surface area contributed by atoms with Crippen molar-refractivity contribution < 1.29 is 19.2 Å². The fourth-order valence-corrected chi connectivity index (χ4v) is 4.13. The molecule has 2 saturated heterocycles. The molecule has 0 aromatic heterocycles. The second kappa shape index (κ2) is 8.20. The van der Waals surface area contributed by atoms with Crippen LogP contribution < -0.4 is 27.4 Å². The van der Waals surface area contributed by atoms with Crippen molar-refractivity contribution in [2.24, 2.45) is 5.90 Å². The summed E-state index contributed by atoms with van der Waals surface area (Å²) >= 11 is 1.85. The molecule has 2 unspecified atom stereocenters. The third kappa shape index (κ3) is 4.75. The van der Waals surface area contributed by atoms with E-state index < -0.39 is 5.91 Å². The molecule has 0 aliphatic carbocycles. The topological polar surface area (TPSA) is 135 Å². The first-order chi connectivity index (χ1) is 10.6. The quantitative estimate of drug-likeness (QED) is 0.225. The maximum atomic E-state index is 11.5. The zero-order valence-corrected chi connectivity index (χ0v) is 12.9. The molecule has 9 nitrogen and oxygen atoms in total. The van der Waals surface area contributed by atoms with E-state index in [0.29, 0.717) is 11.7 Å². The normalized spacial score (nSPS) is 26.0. The largest absolute Gasteiger partial charge is 0.332 e. The van der Waals surface area contributed by atoms with Gasteiger partial charge in [0.2, 0.25) is 5.91 Å². The number of unbranched alkanes of at least 4 members (excludes halogenated alkanes) is 1. The number of thioether (sulfide) groups is 1. The lowest BCUT2D eigenvalue weighted by atomic mass is 10.0. The van der Waals surface area contributed by atoms with Crippen molar-refractivity contribution in [3.8, 4) is 0 Å².